The molecule has 0 bridgehead atoms. The van der Waals surface area contributed by atoms with Crippen LogP contribution in [0.15, 0.2) is 30.5 Å². The molecule has 114 valence electrons. The summed E-state index contributed by atoms with van der Waals surface area (Å²) in [5.41, 5.74) is 2.60. The van der Waals surface area contributed by atoms with E-state index in [0.29, 0.717) is 17.0 Å². The second-order valence-electron chi connectivity index (χ2n) is 5.24. The van der Waals surface area contributed by atoms with Crippen molar-refractivity contribution in [2.45, 2.75) is 18.8 Å². The number of esters is 1. The zero-order valence-electron chi connectivity index (χ0n) is 12.4. The van der Waals surface area contributed by atoms with E-state index in [9.17, 15) is 9.18 Å². The summed E-state index contributed by atoms with van der Waals surface area (Å²) in [4.78, 5) is 16.6. The Labute approximate surface area is 127 Å². The molecule has 4 nitrogen and oxygen atoms in total. The van der Waals surface area contributed by atoms with Gasteiger partial charge in [-0.1, -0.05) is 12.1 Å². The molecule has 0 atom stereocenters. The molecule has 0 amide bonds. The summed E-state index contributed by atoms with van der Waals surface area (Å²) in [6.07, 6.45) is 3.56. The van der Waals surface area contributed by atoms with Gasteiger partial charge in [-0.3, -0.25) is 0 Å². The van der Waals surface area contributed by atoms with E-state index in [4.69, 9.17) is 9.47 Å². The number of carbonyl (C=O) groups is 1. The Morgan fingerprint density at radius 3 is 2.45 bits per heavy atom. The zero-order chi connectivity index (χ0) is 15.7. The van der Waals surface area contributed by atoms with Crippen molar-refractivity contribution in [1.82, 2.24) is 4.98 Å². The van der Waals surface area contributed by atoms with E-state index in [0.717, 1.165) is 24.0 Å². The third kappa shape index (κ3) is 2.54. The first kappa shape index (κ1) is 14.5. The molecule has 1 aliphatic carbocycles. The normalized spacial score (nSPS) is 13.8. The number of hydrogen-bond donors (Lipinski definition) is 0. The van der Waals surface area contributed by atoms with Crippen molar-refractivity contribution in [3.8, 4) is 17.0 Å². The lowest BCUT2D eigenvalue weighted by Gasteiger charge is -2.15. The second kappa shape index (κ2) is 5.75. The summed E-state index contributed by atoms with van der Waals surface area (Å²) >= 11 is 0. The summed E-state index contributed by atoms with van der Waals surface area (Å²) in [6.45, 7) is 0. The van der Waals surface area contributed by atoms with Crippen molar-refractivity contribution in [3.63, 3.8) is 0 Å². The van der Waals surface area contributed by atoms with Crippen molar-refractivity contribution < 1.29 is 18.7 Å². The van der Waals surface area contributed by atoms with Crippen LogP contribution in [-0.2, 0) is 4.74 Å². The van der Waals surface area contributed by atoms with Gasteiger partial charge in [0.1, 0.15) is 5.82 Å². The number of halogens is 1. The first-order chi connectivity index (χ1) is 10.7. The number of aromatic nitrogens is 1. The first-order valence-electron chi connectivity index (χ1n) is 7.06. The van der Waals surface area contributed by atoms with Crippen LogP contribution < -0.4 is 4.74 Å². The van der Waals surface area contributed by atoms with Crippen LogP contribution in [0, 0.1) is 5.82 Å². The van der Waals surface area contributed by atoms with Gasteiger partial charge in [-0.2, -0.15) is 0 Å². The van der Waals surface area contributed by atoms with E-state index in [-0.39, 0.29) is 11.7 Å². The molecule has 1 heterocycles. The maximum absolute atomic E-state index is 13.1. The summed E-state index contributed by atoms with van der Waals surface area (Å²) in [5, 5.41) is 0. The molecule has 22 heavy (non-hydrogen) atoms. The van der Waals surface area contributed by atoms with Gasteiger partial charge < -0.3 is 9.47 Å². The topological polar surface area (TPSA) is 48.4 Å². The molecule has 5 heteroatoms. The Morgan fingerprint density at radius 2 is 1.91 bits per heavy atom. The van der Waals surface area contributed by atoms with Gasteiger partial charge in [-0.15, -0.1) is 0 Å². The number of nitrogens with zero attached hydrogens (tertiary/aromatic N) is 1. The summed E-state index contributed by atoms with van der Waals surface area (Å²) < 4.78 is 23.4. The quantitative estimate of drug-likeness (QED) is 0.810. The Kier molecular flexibility index (Phi) is 3.79. The van der Waals surface area contributed by atoms with E-state index in [2.05, 4.69) is 4.98 Å². The van der Waals surface area contributed by atoms with Crippen LogP contribution in [0.25, 0.3) is 11.1 Å². The minimum absolute atomic E-state index is 0.261. The van der Waals surface area contributed by atoms with Crippen LogP contribution >= 0.6 is 0 Å². The third-order valence-electron chi connectivity index (χ3n) is 3.80. The van der Waals surface area contributed by atoms with E-state index >= 15 is 0 Å². The molecule has 3 rings (SSSR count). The molecular formula is C17H16FNO3. The fourth-order valence-electron chi connectivity index (χ4n) is 2.59. The van der Waals surface area contributed by atoms with Gasteiger partial charge >= 0.3 is 5.97 Å². The van der Waals surface area contributed by atoms with Gasteiger partial charge in [-0.25, -0.2) is 14.2 Å². The third-order valence-corrected chi connectivity index (χ3v) is 3.80. The minimum Gasteiger partial charge on any atom is -0.481 e. The molecule has 0 aliphatic heterocycles. The Balaban J connectivity index is 2.23. The molecule has 0 radical (unpaired) electrons. The average molecular weight is 301 g/mol. The fourth-order valence-corrected chi connectivity index (χ4v) is 2.59. The molecule has 1 fully saturated rings. The lowest BCUT2D eigenvalue weighted by Crippen LogP contribution is -2.10. The maximum atomic E-state index is 13.1. The van der Waals surface area contributed by atoms with Crippen molar-refractivity contribution in [2.24, 2.45) is 0 Å². The van der Waals surface area contributed by atoms with Gasteiger partial charge in [0.15, 0.2) is 0 Å². The number of pyridine rings is 1. The SMILES string of the molecule is COC(=O)c1c(-c2ccc(F)cc2)cnc(OC)c1C1CC1. The van der Waals surface area contributed by atoms with Crippen LogP contribution in [0.2, 0.25) is 0 Å². The van der Waals surface area contributed by atoms with Crippen LogP contribution in [0.4, 0.5) is 4.39 Å². The predicted octanol–water partition coefficient (Wildman–Crippen LogP) is 3.56. The van der Waals surface area contributed by atoms with Gasteiger partial charge in [0.25, 0.3) is 0 Å². The van der Waals surface area contributed by atoms with E-state index in [1.165, 1.54) is 26.4 Å². The summed E-state index contributed by atoms with van der Waals surface area (Å²) in [7, 11) is 2.88. The molecular weight excluding hydrogens is 285 g/mol. The average Bonchev–Trinajstić information content (AvgIpc) is 3.38. The van der Waals surface area contributed by atoms with Gasteiger partial charge in [0.2, 0.25) is 5.88 Å². The lowest BCUT2D eigenvalue weighted by atomic mass is 9.95. The Bertz CT molecular complexity index is 709. The van der Waals surface area contributed by atoms with Crippen LogP contribution in [0.3, 0.4) is 0 Å². The summed E-state index contributed by atoms with van der Waals surface area (Å²) in [6, 6.07) is 5.97. The number of hydrogen-bond acceptors (Lipinski definition) is 4. The largest absolute Gasteiger partial charge is 0.481 e. The van der Waals surface area contributed by atoms with E-state index in [1.807, 2.05) is 0 Å². The Hall–Kier alpha value is -2.43. The lowest BCUT2D eigenvalue weighted by molar-refractivity contribution is 0.0599. The molecule has 0 unspecified atom stereocenters. The van der Waals surface area contributed by atoms with Crippen LogP contribution in [-0.4, -0.2) is 25.2 Å². The highest BCUT2D eigenvalue weighted by atomic mass is 19.1. The highest BCUT2D eigenvalue weighted by Gasteiger charge is 2.34. The molecule has 1 aromatic heterocycles. The molecule has 0 spiro atoms. The highest BCUT2D eigenvalue weighted by Crippen LogP contribution is 2.47. The first-order valence-corrected chi connectivity index (χ1v) is 7.06. The van der Waals surface area contributed by atoms with E-state index in [1.54, 1.807) is 18.3 Å². The van der Waals surface area contributed by atoms with E-state index < -0.39 is 5.97 Å². The molecule has 1 saturated carbocycles. The van der Waals surface area contributed by atoms with Crippen molar-refractivity contribution in [1.29, 1.82) is 0 Å². The van der Waals surface area contributed by atoms with Gasteiger partial charge in [0, 0.05) is 17.3 Å². The standard InChI is InChI=1S/C17H16FNO3/c1-21-16-14(11-3-4-11)15(17(20)22-2)13(9-19-16)10-5-7-12(18)8-6-10/h5-9,11H,3-4H2,1-2H3. The number of ether oxygens (including phenoxy) is 2. The molecule has 0 N–H and O–H groups in total. The molecule has 1 aromatic carbocycles. The number of benzene rings is 1. The summed E-state index contributed by atoms with van der Waals surface area (Å²) in [5.74, 6) is -0.0418. The smallest absolute Gasteiger partial charge is 0.339 e. The van der Waals surface area contributed by atoms with Crippen LogP contribution in [0.5, 0.6) is 5.88 Å². The monoisotopic (exact) mass is 301 g/mol. The molecule has 0 saturated heterocycles. The van der Waals surface area contributed by atoms with Crippen molar-refractivity contribution >= 4 is 5.97 Å². The van der Waals surface area contributed by atoms with Crippen molar-refractivity contribution in [2.75, 3.05) is 14.2 Å². The number of methoxy groups -OCH3 is 2. The zero-order valence-corrected chi connectivity index (χ0v) is 12.4. The fraction of sp³-hybridized carbons (Fsp3) is 0.294. The number of rotatable bonds is 4. The second-order valence-corrected chi connectivity index (χ2v) is 5.24. The Morgan fingerprint density at radius 1 is 1.23 bits per heavy atom. The number of carbonyl (C=O) groups excluding carboxylic acids is 1. The predicted molar refractivity (Wildman–Crippen MR) is 79.5 cm³/mol. The maximum Gasteiger partial charge on any atom is 0.339 e. The molecule has 2 aromatic rings. The minimum atomic E-state index is -0.429. The van der Waals surface area contributed by atoms with Crippen LogP contribution in [0.1, 0.15) is 34.7 Å². The van der Waals surface area contributed by atoms with Gasteiger partial charge in [0.05, 0.1) is 19.8 Å². The van der Waals surface area contributed by atoms with Crippen molar-refractivity contribution in [3.05, 3.63) is 47.4 Å². The van der Waals surface area contributed by atoms with Gasteiger partial charge in [-0.05, 0) is 36.5 Å². The molecule has 1 aliphatic rings. The highest BCUT2D eigenvalue weighted by molar-refractivity contribution is 5.99.